The maximum atomic E-state index is 11.8. The molecule has 1 fully saturated rings. The van der Waals surface area contributed by atoms with Crippen molar-refractivity contribution in [3.63, 3.8) is 0 Å². The van der Waals surface area contributed by atoms with Gasteiger partial charge in [-0.3, -0.25) is 9.69 Å². The summed E-state index contributed by atoms with van der Waals surface area (Å²) in [7, 11) is 0. The van der Waals surface area contributed by atoms with Crippen molar-refractivity contribution in [3.05, 3.63) is 29.3 Å². The van der Waals surface area contributed by atoms with Crippen molar-refractivity contribution >= 4 is 5.91 Å². The minimum atomic E-state index is -0.0854. The van der Waals surface area contributed by atoms with Gasteiger partial charge in [0.05, 0.1) is 6.04 Å². The predicted molar refractivity (Wildman–Crippen MR) is 70.3 cm³/mol. The first-order valence-electron chi connectivity index (χ1n) is 6.42. The van der Waals surface area contributed by atoms with E-state index in [1.807, 2.05) is 26.0 Å². The van der Waals surface area contributed by atoms with E-state index in [4.69, 9.17) is 0 Å². The molecule has 1 heterocycles. The van der Waals surface area contributed by atoms with E-state index in [1.165, 1.54) is 0 Å². The number of aromatic hydroxyl groups is 1. The number of nitrogens with one attached hydrogen (secondary N) is 1. The number of hydrogen-bond donors (Lipinski definition) is 2. The summed E-state index contributed by atoms with van der Waals surface area (Å²) in [5.41, 5.74) is 1.99. The van der Waals surface area contributed by atoms with Crippen LogP contribution in [0.5, 0.6) is 5.75 Å². The second-order valence-corrected chi connectivity index (χ2v) is 4.76. The molecular weight excluding hydrogens is 228 g/mol. The van der Waals surface area contributed by atoms with E-state index in [0.29, 0.717) is 18.8 Å². The Kier molecular flexibility index (Phi) is 3.87. The van der Waals surface area contributed by atoms with Crippen LogP contribution < -0.4 is 5.32 Å². The standard InChI is InChI=1S/C14H20N2O2/c1-3-12-14(18)15-7-8-16(12)9-11-10(2)5-4-6-13(11)17/h4-6,12,17H,3,7-9H2,1-2H3,(H,15,18). The summed E-state index contributed by atoms with van der Waals surface area (Å²) in [6, 6.07) is 5.44. The van der Waals surface area contributed by atoms with Crippen LogP contribution in [0.1, 0.15) is 24.5 Å². The highest BCUT2D eigenvalue weighted by Gasteiger charge is 2.28. The van der Waals surface area contributed by atoms with Gasteiger partial charge >= 0.3 is 0 Å². The van der Waals surface area contributed by atoms with Crippen molar-refractivity contribution in [1.82, 2.24) is 10.2 Å². The molecule has 1 aliphatic rings. The molecule has 1 aliphatic heterocycles. The predicted octanol–water partition coefficient (Wildman–Crippen LogP) is 1.41. The molecule has 2 N–H and O–H groups in total. The van der Waals surface area contributed by atoms with Crippen molar-refractivity contribution in [1.29, 1.82) is 0 Å². The zero-order chi connectivity index (χ0) is 13.1. The van der Waals surface area contributed by atoms with Crippen LogP contribution in [0.25, 0.3) is 0 Å². The summed E-state index contributed by atoms with van der Waals surface area (Å²) in [6.45, 7) is 6.14. The van der Waals surface area contributed by atoms with Crippen molar-refractivity contribution < 1.29 is 9.90 Å². The molecule has 0 radical (unpaired) electrons. The van der Waals surface area contributed by atoms with Gasteiger partial charge in [0.15, 0.2) is 0 Å². The van der Waals surface area contributed by atoms with Gasteiger partial charge in [-0.05, 0) is 25.0 Å². The molecule has 1 unspecified atom stereocenters. The molecule has 1 amide bonds. The number of benzene rings is 1. The van der Waals surface area contributed by atoms with Gasteiger partial charge in [-0.1, -0.05) is 19.1 Å². The summed E-state index contributed by atoms with van der Waals surface area (Å²) in [5.74, 6) is 0.410. The van der Waals surface area contributed by atoms with Crippen LogP contribution in [0, 0.1) is 6.92 Å². The molecule has 0 bridgehead atoms. The second-order valence-electron chi connectivity index (χ2n) is 4.76. The van der Waals surface area contributed by atoms with Gasteiger partial charge in [-0.25, -0.2) is 0 Å². The van der Waals surface area contributed by atoms with Crippen LogP contribution in [0.15, 0.2) is 18.2 Å². The number of carbonyl (C=O) groups excluding carboxylic acids is 1. The summed E-state index contributed by atoms with van der Waals surface area (Å²) in [5, 5.41) is 12.8. The fourth-order valence-corrected chi connectivity index (χ4v) is 2.49. The van der Waals surface area contributed by atoms with Gasteiger partial charge in [0.2, 0.25) is 5.91 Å². The molecule has 1 aromatic rings. The van der Waals surface area contributed by atoms with E-state index in [9.17, 15) is 9.90 Å². The molecule has 18 heavy (non-hydrogen) atoms. The van der Waals surface area contributed by atoms with Crippen LogP contribution in [0.3, 0.4) is 0 Å². The Bertz CT molecular complexity index is 425. The molecule has 1 saturated heterocycles. The molecule has 98 valence electrons. The fourth-order valence-electron chi connectivity index (χ4n) is 2.49. The molecule has 2 rings (SSSR count). The van der Waals surface area contributed by atoms with Gasteiger partial charge in [0.25, 0.3) is 0 Å². The first kappa shape index (κ1) is 12.9. The summed E-state index contributed by atoms with van der Waals surface area (Å²) >= 11 is 0. The highest BCUT2D eigenvalue weighted by Crippen LogP contribution is 2.24. The van der Waals surface area contributed by atoms with Crippen LogP contribution in [-0.4, -0.2) is 35.0 Å². The Morgan fingerprint density at radius 1 is 1.50 bits per heavy atom. The number of aryl methyl sites for hydroxylation is 1. The number of piperazine rings is 1. The third-order valence-electron chi connectivity index (χ3n) is 3.58. The zero-order valence-electron chi connectivity index (χ0n) is 10.9. The fraction of sp³-hybridized carbons (Fsp3) is 0.500. The molecule has 0 saturated carbocycles. The molecular formula is C14H20N2O2. The lowest BCUT2D eigenvalue weighted by Gasteiger charge is -2.34. The molecule has 1 aromatic carbocycles. The third kappa shape index (κ3) is 2.48. The first-order chi connectivity index (χ1) is 8.63. The summed E-state index contributed by atoms with van der Waals surface area (Å²) in [4.78, 5) is 13.9. The minimum absolute atomic E-state index is 0.0854. The Morgan fingerprint density at radius 2 is 2.28 bits per heavy atom. The number of rotatable bonds is 3. The molecule has 0 aliphatic carbocycles. The number of carbonyl (C=O) groups is 1. The maximum Gasteiger partial charge on any atom is 0.237 e. The Morgan fingerprint density at radius 3 is 2.94 bits per heavy atom. The van der Waals surface area contributed by atoms with Crippen LogP contribution in [0.4, 0.5) is 0 Å². The van der Waals surface area contributed by atoms with Gasteiger partial charge < -0.3 is 10.4 Å². The number of nitrogens with zero attached hydrogens (tertiary/aromatic N) is 1. The van der Waals surface area contributed by atoms with Gasteiger partial charge in [0.1, 0.15) is 5.75 Å². The molecule has 1 atom stereocenters. The van der Waals surface area contributed by atoms with E-state index < -0.39 is 0 Å². The average molecular weight is 248 g/mol. The van der Waals surface area contributed by atoms with Gasteiger partial charge in [-0.2, -0.15) is 0 Å². The summed E-state index contributed by atoms with van der Waals surface area (Å²) < 4.78 is 0. The molecule has 4 heteroatoms. The zero-order valence-corrected chi connectivity index (χ0v) is 10.9. The highest BCUT2D eigenvalue weighted by molar-refractivity contribution is 5.82. The molecule has 4 nitrogen and oxygen atoms in total. The highest BCUT2D eigenvalue weighted by atomic mass is 16.3. The van der Waals surface area contributed by atoms with Crippen LogP contribution in [-0.2, 0) is 11.3 Å². The van der Waals surface area contributed by atoms with E-state index in [1.54, 1.807) is 6.07 Å². The Labute approximate surface area is 108 Å². The van der Waals surface area contributed by atoms with E-state index in [-0.39, 0.29) is 11.9 Å². The Balaban J connectivity index is 2.19. The van der Waals surface area contributed by atoms with Crippen molar-refractivity contribution in [2.24, 2.45) is 0 Å². The van der Waals surface area contributed by atoms with E-state index in [2.05, 4.69) is 10.2 Å². The van der Waals surface area contributed by atoms with Crippen molar-refractivity contribution in [2.45, 2.75) is 32.9 Å². The lowest BCUT2D eigenvalue weighted by atomic mass is 10.0. The van der Waals surface area contributed by atoms with E-state index >= 15 is 0 Å². The topological polar surface area (TPSA) is 52.6 Å². The van der Waals surface area contributed by atoms with Gasteiger partial charge in [-0.15, -0.1) is 0 Å². The van der Waals surface area contributed by atoms with Crippen molar-refractivity contribution in [2.75, 3.05) is 13.1 Å². The lowest BCUT2D eigenvalue weighted by molar-refractivity contribution is -0.129. The monoisotopic (exact) mass is 248 g/mol. The summed E-state index contributed by atoms with van der Waals surface area (Å²) in [6.07, 6.45) is 0.790. The lowest BCUT2D eigenvalue weighted by Crippen LogP contribution is -2.54. The number of amides is 1. The largest absolute Gasteiger partial charge is 0.508 e. The third-order valence-corrected chi connectivity index (χ3v) is 3.58. The van der Waals surface area contributed by atoms with Gasteiger partial charge in [0, 0.05) is 25.2 Å². The smallest absolute Gasteiger partial charge is 0.237 e. The average Bonchev–Trinajstić information content (AvgIpc) is 2.34. The SMILES string of the molecule is CCC1C(=O)NCCN1Cc1c(C)cccc1O. The quantitative estimate of drug-likeness (QED) is 0.850. The Hall–Kier alpha value is -1.55. The van der Waals surface area contributed by atoms with Crippen molar-refractivity contribution in [3.8, 4) is 5.75 Å². The maximum absolute atomic E-state index is 11.8. The molecule has 0 spiro atoms. The van der Waals surface area contributed by atoms with E-state index in [0.717, 1.165) is 24.1 Å². The molecule has 0 aromatic heterocycles. The number of phenols is 1. The number of hydrogen-bond acceptors (Lipinski definition) is 3. The minimum Gasteiger partial charge on any atom is -0.508 e. The number of phenolic OH excluding ortho intramolecular Hbond substituents is 1. The van der Waals surface area contributed by atoms with Crippen LogP contribution in [0.2, 0.25) is 0 Å². The second kappa shape index (κ2) is 5.40. The first-order valence-corrected chi connectivity index (χ1v) is 6.42. The normalized spacial score (nSPS) is 20.8. The van der Waals surface area contributed by atoms with Crippen LogP contribution >= 0.6 is 0 Å².